The van der Waals surface area contributed by atoms with Crippen LogP contribution in [0.1, 0.15) is 21.6 Å². The van der Waals surface area contributed by atoms with E-state index in [2.05, 4.69) is 20.3 Å². The van der Waals surface area contributed by atoms with Crippen molar-refractivity contribution in [2.45, 2.75) is 6.92 Å². The van der Waals surface area contributed by atoms with Gasteiger partial charge in [-0.2, -0.15) is 4.40 Å². The van der Waals surface area contributed by atoms with Gasteiger partial charge in [-0.05, 0) is 36.8 Å². The molecule has 7 nitrogen and oxygen atoms in total. The number of rotatable bonds is 4. The molecule has 0 unspecified atom stereocenters. The van der Waals surface area contributed by atoms with Crippen molar-refractivity contribution in [1.29, 1.82) is 0 Å². The first-order chi connectivity index (χ1) is 13.6. The number of carbonyl (C=O) groups excluding carboxylic acids is 1. The number of anilines is 1. The molecule has 0 saturated heterocycles. The van der Waals surface area contributed by atoms with Crippen molar-refractivity contribution in [2.24, 2.45) is 10.7 Å². The SMILES string of the molecule is Cc1ccc(/C(N)=N/c2ccccn2)cc1NC(=O)c1c[nH]c2cccc[n+]12. The van der Waals surface area contributed by atoms with Gasteiger partial charge in [0.2, 0.25) is 5.69 Å². The standard InChI is InChI=1S/C21H18N6O/c1-14-8-9-15(20(22)26-18-6-2-4-10-23-18)12-16(14)25-21(28)17-13-24-19-7-3-5-11-27(17)19/h2-13H,1H3,(H3,22,23,25,26,28)/p+1. The van der Waals surface area contributed by atoms with Gasteiger partial charge in [0.05, 0.1) is 6.20 Å². The van der Waals surface area contributed by atoms with Crippen molar-refractivity contribution < 1.29 is 9.20 Å². The number of benzene rings is 1. The number of aryl methyl sites for hydroxylation is 1. The van der Waals surface area contributed by atoms with E-state index in [1.54, 1.807) is 22.9 Å². The zero-order valence-electron chi connectivity index (χ0n) is 15.3. The molecule has 0 radical (unpaired) electrons. The average molecular weight is 371 g/mol. The number of fused-ring (bicyclic) bond motifs is 1. The van der Waals surface area contributed by atoms with E-state index in [-0.39, 0.29) is 5.91 Å². The Bertz CT molecular complexity index is 1180. The molecule has 7 heteroatoms. The molecule has 4 N–H and O–H groups in total. The van der Waals surface area contributed by atoms with Crippen molar-refractivity contribution >= 4 is 28.9 Å². The van der Waals surface area contributed by atoms with Crippen LogP contribution in [-0.4, -0.2) is 21.7 Å². The van der Waals surface area contributed by atoms with Crippen LogP contribution >= 0.6 is 0 Å². The highest BCUT2D eigenvalue weighted by molar-refractivity contribution is 6.04. The molecule has 0 atom stereocenters. The van der Waals surface area contributed by atoms with Crippen LogP contribution in [0.4, 0.5) is 11.5 Å². The summed E-state index contributed by atoms with van der Waals surface area (Å²) < 4.78 is 1.80. The van der Waals surface area contributed by atoms with Crippen molar-refractivity contribution in [2.75, 3.05) is 5.32 Å². The lowest BCUT2D eigenvalue weighted by molar-refractivity contribution is -0.512. The van der Waals surface area contributed by atoms with Crippen molar-refractivity contribution in [3.8, 4) is 0 Å². The third-order valence-electron chi connectivity index (χ3n) is 4.37. The van der Waals surface area contributed by atoms with Crippen LogP contribution in [-0.2, 0) is 0 Å². The van der Waals surface area contributed by atoms with Gasteiger partial charge in [0.15, 0.2) is 5.82 Å². The summed E-state index contributed by atoms with van der Waals surface area (Å²) in [5, 5.41) is 2.96. The van der Waals surface area contributed by atoms with E-state index in [1.165, 1.54) is 0 Å². The normalized spacial score (nSPS) is 11.5. The smallest absolute Gasteiger partial charge is 0.299 e. The van der Waals surface area contributed by atoms with Crippen molar-refractivity contribution in [3.63, 3.8) is 0 Å². The molecular weight excluding hydrogens is 352 g/mol. The molecule has 3 aromatic heterocycles. The molecule has 138 valence electrons. The number of hydrogen-bond acceptors (Lipinski definition) is 3. The third-order valence-corrected chi connectivity index (χ3v) is 4.37. The first-order valence-corrected chi connectivity index (χ1v) is 8.77. The number of nitrogens with two attached hydrogens (primary N) is 1. The molecule has 0 aliphatic heterocycles. The number of pyridine rings is 2. The highest BCUT2D eigenvalue weighted by atomic mass is 16.1. The van der Waals surface area contributed by atoms with Gasteiger partial charge in [-0.25, -0.2) is 15.0 Å². The Hall–Kier alpha value is -4.00. The molecule has 0 spiro atoms. The number of nitrogens with zero attached hydrogens (tertiary/aromatic N) is 3. The Morgan fingerprint density at radius 2 is 2.04 bits per heavy atom. The minimum Gasteiger partial charge on any atom is -0.383 e. The summed E-state index contributed by atoms with van der Waals surface area (Å²) in [7, 11) is 0. The first-order valence-electron chi connectivity index (χ1n) is 8.77. The second kappa shape index (κ2) is 7.32. The van der Waals surface area contributed by atoms with Crippen LogP contribution in [0.25, 0.3) is 5.65 Å². The molecule has 28 heavy (non-hydrogen) atoms. The van der Waals surface area contributed by atoms with Crippen LogP contribution in [0, 0.1) is 6.92 Å². The number of nitrogens with one attached hydrogen (secondary N) is 2. The molecular formula is C21H19N6O+. The Morgan fingerprint density at radius 1 is 1.18 bits per heavy atom. The zero-order chi connectivity index (χ0) is 19.5. The lowest BCUT2D eigenvalue weighted by Gasteiger charge is -2.09. The summed E-state index contributed by atoms with van der Waals surface area (Å²) >= 11 is 0. The molecule has 1 amide bonds. The zero-order valence-corrected chi connectivity index (χ0v) is 15.3. The van der Waals surface area contributed by atoms with Crippen LogP contribution in [0.5, 0.6) is 0 Å². The summed E-state index contributed by atoms with van der Waals surface area (Å²) in [6.07, 6.45) is 5.17. The first kappa shape index (κ1) is 17.4. The Labute approximate surface area is 161 Å². The monoisotopic (exact) mass is 371 g/mol. The predicted molar refractivity (Wildman–Crippen MR) is 108 cm³/mol. The fraction of sp³-hybridized carbons (Fsp3) is 0.0476. The van der Waals surface area contributed by atoms with E-state index in [4.69, 9.17) is 5.73 Å². The molecule has 0 aliphatic rings. The van der Waals surface area contributed by atoms with Crippen molar-refractivity contribution in [1.82, 2.24) is 9.97 Å². The number of imidazole rings is 1. The van der Waals surface area contributed by atoms with E-state index in [9.17, 15) is 4.79 Å². The molecule has 0 aliphatic carbocycles. The van der Waals surface area contributed by atoms with Gasteiger partial charge < -0.3 is 11.1 Å². The highest BCUT2D eigenvalue weighted by Crippen LogP contribution is 2.18. The maximum absolute atomic E-state index is 12.8. The molecule has 3 heterocycles. The number of amides is 1. The minimum absolute atomic E-state index is 0.220. The maximum atomic E-state index is 12.8. The molecule has 4 aromatic rings. The van der Waals surface area contributed by atoms with Gasteiger partial charge in [-0.3, -0.25) is 4.79 Å². The lowest BCUT2D eigenvalue weighted by atomic mass is 10.1. The van der Waals surface area contributed by atoms with E-state index in [0.29, 0.717) is 28.6 Å². The fourth-order valence-electron chi connectivity index (χ4n) is 2.87. The van der Waals surface area contributed by atoms with Gasteiger partial charge in [-0.15, -0.1) is 0 Å². The summed E-state index contributed by atoms with van der Waals surface area (Å²) in [5.74, 6) is 0.639. The fourth-order valence-corrected chi connectivity index (χ4v) is 2.87. The molecule has 0 bridgehead atoms. The number of aliphatic imine (C=N–C) groups is 1. The number of amidine groups is 1. The second-order valence-electron chi connectivity index (χ2n) is 6.30. The highest BCUT2D eigenvalue weighted by Gasteiger charge is 2.19. The van der Waals surface area contributed by atoms with Crippen LogP contribution in [0.3, 0.4) is 0 Å². The second-order valence-corrected chi connectivity index (χ2v) is 6.30. The number of hydrogen-bond donors (Lipinski definition) is 3. The molecule has 0 fully saturated rings. The van der Waals surface area contributed by atoms with E-state index >= 15 is 0 Å². The largest absolute Gasteiger partial charge is 0.383 e. The van der Waals surface area contributed by atoms with Crippen LogP contribution in [0.15, 0.2) is 78.2 Å². The Kier molecular flexibility index (Phi) is 4.55. The van der Waals surface area contributed by atoms with Gasteiger partial charge >= 0.3 is 0 Å². The van der Waals surface area contributed by atoms with E-state index in [1.807, 2.05) is 61.7 Å². The minimum atomic E-state index is -0.220. The Morgan fingerprint density at radius 3 is 2.86 bits per heavy atom. The van der Waals surface area contributed by atoms with Gasteiger partial charge in [0, 0.05) is 23.5 Å². The lowest BCUT2D eigenvalue weighted by Crippen LogP contribution is -2.30. The van der Waals surface area contributed by atoms with Crippen LogP contribution < -0.4 is 15.5 Å². The third kappa shape index (κ3) is 3.45. The average Bonchev–Trinajstić information content (AvgIpc) is 3.14. The van der Waals surface area contributed by atoms with Gasteiger partial charge in [0.25, 0.3) is 11.6 Å². The molecule has 4 rings (SSSR count). The van der Waals surface area contributed by atoms with Crippen molar-refractivity contribution in [3.05, 3.63) is 90.0 Å². The molecule has 1 aromatic carbocycles. The molecule has 0 saturated carbocycles. The Balaban J connectivity index is 1.62. The summed E-state index contributed by atoms with van der Waals surface area (Å²) in [4.78, 5) is 24.4. The summed E-state index contributed by atoms with van der Waals surface area (Å²) in [5.41, 5.74) is 9.79. The number of aromatic amines is 1. The summed E-state index contributed by atoms with van der Waals surface area (Å²) in [6, 6.07) is 16.7. The summed E-state index contributed by atoms with van der Waals surface area (Å²) in [6.45, 7) is 1.92. The quantitative estimate of drug-likeness (QED) is 0.292. The topological polar surface area (TPSA) is 100 Å². The van der Waals surface area contributed by atoms with E-state index < -0.39 is 0 Å². The van der Waals surface area contributed by atoms with Gasteiger partial charge in [-0.1, -0.05) is 24.3 Å². The number of carbonyl (C=O) groups is 1. The van der Waals surface area contributed by atoms with Gasteiger partial charge in [0.1, 0.15) is 12.0 Å². The number of aromatic nitrogens is 3. The predicted octanol–water partition coefficient (Wildman–Crippen LogP) is 2.75. The number of H-pyrrole nitrogens is 1. The van der Waals surface area contributed by atoms with Crippen LogP contribution in [0.2, 0.25) is 0 Å². The maximum Gasteiger partial charge on any atom is 0.299 e. The van der Waals surface area contributed by atoms with E-state index in [0.717, 1.165) is 11.2 Å².